The number of nitrogens with one attached hydrogen (secondary N) is 1. The lowest BCUT2D eigenvalue weighted by molar-refractivity contribution is 0.0939. The van der Waals surface area contributed by atoms with Crippen LogP contribution in [0.2, 0.25) is 0 Å². The molecule has 8 heteroatoms. The van der Waals surface area contributed by atoms with E-state index in [2.05, 4.69) is 5.32 Å². The predicted molar refractivity (Wildman–Crippen MR) is 112 cm³/mol. The number of sulfonamides is 1. The van der Waals surface area contributed by atoms with Gasteiger partial charge in [0.05, 0.1) is 24.7 Å². The number of benzene rings is 2. The normalized spacial score (nSPS) is 12.5. The Labute approximate surface area is 172 Å². The summed E-state index contributed by atoms with van der Waals surface area (Å²) in [5, 5.41) is 2.89. The van der Waals surface area contributed by atoms with Gasteiger partial charge in [-0.2, -0.15) is 0 Å². The smallest absolute Gasteiger partial charge is 0.251 e. The van der Waals surface area contributed by atoms with Gasteiger partial charge in [0.1, 0.15) is 0 Å². The maximum atomic E-state index is 12.7. The highest BCUT2D eigenvalue weighted by atomic mass is 32.2. The summed E-state index contributed by atoms with van der Waals surface area (Å²) >= 11 is 0. The first-order valence-electron chi connectivity index (χ1n) is 9.34. The molecule has 1 unspecified atom stereocenters. The molecule has 2 aromatic rings. The molecule has 1 N–H and O–H groups in total. The van der Waals surface area contributed by atoms with E-state index in [1.54, 1.807) is 19.2 Å². The maximum Gasteiger partial charge on any atom is 0.251 e. The largest absolute Gasteiger partial charge is 0.493 e. The standard InChI is InChI=1S/C21H28N2O5S/c1-6-12-28-19-11-10-16(14-20(19)27-5)15(2)22-21(24)17-8-7-9-18(13-17)29(25,26)23(3)4/h7-11,13-15H,6,12H2,1-5H3,(H,22,24). The van der Waals surface area contributed by atoms with Gasteiger partial charge in [0.15, 0.2) is 11.5 Å². The number of nitrogens with zero attached hydrogens (tertiary/aromatic N) is 1. The monoisotopic (exact) mass is 420 g/mol. The fourth-order valence-electron chi connectivity index (χ4n) is 2.66. The third-order valence-corrected chi connectivity index (χ3v) is 6.18. The van der Waals surface area contributed by atoms with Crippen LogP contribution in [-0.4, -0.2) is 46.4 Å². The Balaban J connectivity index is 2.19. The lowest BCUT2D eigenvalue weighted by atomic mass is 10.1. The van der Waals surface area contributed by atoms with Gasteiger partial charge in [-0.25, -0.2) is 12.7 Å². The SMILES string of the molecule is CCCOc1ccc(C(C)NC(=O)c2cccc(S(=O)(=O)N(C)C)c2)cc1OC. The van der Waals surface area contributed by atoms with Crippen molar-refractivity contribution in [3.05, 3.63) is 53.6 Å². The zero-order valence-electron chi connectivity index (χ0n) is 17.4. The molecular weight excluding hydrogens is 392 g/mol. The van der Waals surface area contributed by atoms with Crippen LogP contribution in [0.1, 0.15) is 42.2 Å². The molecule has 0 saturated carbocycles. The first kappa shape index (κ1) is 22.7. The molecule has 0 aliphatic carbocycles. The van der Waals surface area contributed by atoms with Crippen molar-refractivity contribution in [2.45, 2.75) is 31.2 Å². The van der Waals surface area contributed by atoms with Gasteiger partial charge in [0.25, 0.3) is 5.91 Å². The summed E-state index contributed by atoms with van der Waals surface area (Å²) in [6, 6.07) is 11.2. The summed E-state index contributed by atoms with van der Waals surface area (Å²) in [6.07, 6.45) is 0.889. The number of hydrogen-bond acceptors (Lipinski definition) is 5. The number of carbonyl (C=O) groups is 1. The van der Waals surface area contributed by atoms with E-state index in [9.17, 15) is 13.2 Å². The third-order valence-electron chi connectivity index (χ3n) is 4.37. The summed E-state index contributed by atoms with van der Waals surface area (Å²) < 4.78 is 36.7. The molecule has 0 fully saturated rings. The van der Waals surface area contributed by atoms with Crippen LogP contribution in [0.5, 0.6) is 11.5 Å². The fourth-order valence-corrected chi connectivity index (χ4v) is 3.60. The first-order chi connectivity index (χ1) is 13.7. The zero-order valence-corrected chi connectivity index (χ0v) is 18.2. The molecule has 0 aliphatic rings. The van der Waals surface area contributed by atoms with E-state index in [1.807, 2.05) is 32.0 Å². The molecule has 7 nitrogen and oxygen atoms in total. The Morgan fingerprint density at radius 2 is 1.86 bits per heavy atom. The van der Waals surface area contributed by atoms with Crippen LogP contribution in [-0.2, 0) is 10.0 Å². The van der Waals surface area contributed by atoms with Gasteiger partial charge in [0.2, 0.25) is 10.0 Å². The second-order valence-electron chi connectivity index (χ2n) is 6.77. The predicted octanol–water partition coefficient (Wildman–Crippen LogP) is 3.23. The van der Waals surface area contributed by atoms with E-state index < -0.39 is 10.0 Å². The Morgan fingerprint density at radius 3 is 2.48 bits per heavy atom. The van der Waals surface area contributed by atoms with Crippen molar-refractivity contribution in [1.82, 2.24) is 9.62 Å². The van der Waals surface area contributed by atoms with Gasteiger partial charge in [-0.1, -0.05) is 19.1 Å². The van der Waals surface area contributed by atoms with Gasteiger partial charge in [-0.15, -0.1) is 0 Å². The van der Waals surface area contributed by atoms with Crippen molar-refractivity contribution < 1.29 is 22.7 Å². The third kappa shape index (κ3) is 5.48. The number of rotatable bonds is 9. The molecular formula is C21H28N2O5S. The molecule has 0 aliphatic heterocycles. The average molecular weight is 421 g/mol. The number of methoxy groups -OCH3 is 1. The summed E-state index contributed by atoms with van der Waals surface area (Å²) in [4.78, 5) is 12.7. The fraction of sp³-hybridized carbons (Fsp3) is 0.381. The van der Waals surface area contributed by atoms with Crippen molar-refractivity contribution in [3.8, 4) is 11.5 Å². The zero-order chi connectivity index (χ0) is 21.6. The maximum absolute atomic E-state index is 12.7. The Kier molecular flexibility index (Phi) is 7.64. The minimum atomic E-state index is -3.61. The Morgan fingerprint density at radius 1 is 1.14 bits per heavy atom. The molecule has 0 saturated heterocycles. The second kappa shape index (κ2) is 9.76. The minimum Gasteiger partial charge on any atom is -0.493 e. The van der Waals surface area contributed by atoms with E-state index in [0.717, 1.165) is 16.3 Å². The number of amides is 1. The van der Waals surface area contributed by atoms with E-state index in [4.69, 9.17) is 9.47 Å². The van der Waals surface area contributed by atoms with E-state index in [-0.39, 0.29) is 22.4 Å². The molecule has 2 aromatic carbocycles. The summed E-state index contributed by atoms with van der Waals surface area (Å²) in [5.74, 6) is 0.882. The summed E-state index contributed by atoms with van der Waals surface area (Å²) in [5.41, 5.74) is 1.12. The van der Waals surface area contributed by atoms with E-state index in [0.29, 0.717) is 18.1 Å². The minimum absolute atomic E-state index is 0.0712. The molecule has 0 spiro atoms. The quantitative estimate of drug-likeness (QED) is 0.673. The highest BCUT2D eigenvalue weighted by Gasteiger charge is 2.20. The molecule has 0 heterocycles. The highest BCUT2D eigenvalue weighted by molar-refractivity contribution is 7.89. The van der Waals surface area contributed by atoms with Crippen LogP contribution in [0.25, 0.3) is 0 Å². The van der Waals surface area contributed by atoms with Gasteiger partial charge in [-0.3, -0.25) is 4.79 Å². The topological polar surface area (TPSA) is 84.9 Å². The van der Waals surface area contributed by atoms with Gasteiger partial charge in [0, 0.05) is 19.7 Å². The lowest BCUT2D eigenvalue weighted by Gasteiger charge is -2.18. The Bertz CT molecular complexity index is 957. The number of carbonyl (C=O) groups excluding carboxylic acids is 1. The van der Waals surface area contributed by atoms with Crippen molar-refractivity contribution in [3.63, 3.8) is 0 Å². The van der Waals surface area contributed by atoms with Crippen molar-refractivity contribution in [1.29, 1.82) is 0 Å². The van der Waals surface area contributed by atoms with Crippen molar-refractivity contribution >= 4 is 15.9 Å². The van der Waals surface area contributed by atoms with Crippen molar-refractivity contribution in [2.24, 2.45) is 0 Å². The average Bonchev–Trinajstić information content (AvgIpc) is 2.71. The van der Waals surface area contributed by atoms with Crippen molar-refractivity contribution in [2.75, 3.05) is 27.8 Å². The number of hydrogen-bond donors (Lipinski definition) is 1. The lowest BCUT2D eigenvalue weighted by Crippen LogP contribution is -2.27. The summed E-state index contributed by atoms with van der Waals surface area (Å²) in [7, 11) is 0.855. The Hall–Kier alpha value is -2.58. The molecule has 1 amide bonds. The first-order valence-corrected chi connectivity index (χ1v) is 10.8. The molecule has 0 aromatic heterocycles. The van der Waals surface area contributed by atoms with Gasteiger partial charge < -0.3 is 14.8 Å². The van der Waals surface area contributed by atoms with Gasteiger partial charge >= 0.3 is 0 Å². The molecule has 29 heavy (non-hydrogen) atoms. The van der Waals surface area contributed by atoms with Crippen LogP contribution >= 0.6 is 0 Å². The van der Waals surface area contributed by atoms with Crippen LogP contribution in [0, 0.1) is 0 Å². The highest BCUT2D eigenvalue weighted by Crippen LogP contribution is 2.30. The molecule has 0 radical (unpaired) electrons. The molecule has 1 atom stereocenters. The van der Waals surface area contributed by atoms with Crippen LogP contribution in [0.4, 0.5) is 0 Å². The number of ether oxygens (including phenoxy) is 2. The molecule has 2 rings (SSSR count). The molecule has 0 bridgehead atoms. The van der Waals surface area contributed by atoms with E-state index in [1.165, 1.54) is 26.2 Å². The summed E-state index contributed by atoms with van der Waals surface area (Å²) in [6.45, 7) is 4.46. The molecule has 158 valence electrons. The van der Waals surface area contributed by atoms with Crippen LogP contribution in [0.15, 0.2) is 47.4 Å². The van der Waals surface area contributed by atoms with Gasteiger partial charge in [-0.05, 0) is 49.2 Å². The van der Waals surface area contributed by atoms with Crippen LogP contribution in [0.3, 0.4) is 0 Å². The second-order valence-corrected chi connectivity index (χ2v) is 8.92. The van der Waals surface area contributed by atoms with Crippen LogP contribution < -0.4 is 14.8 Å². The van der Waals surface area contributed by atoms with E-state index >= 15 is 0 Å².